The maximum absolute atomic E-state index is 13.0. The minimum absolute atomic E-state index is 0.0907. The number of benzene rings is 1. The summed E-state index contributed by atoms with van der Waals surface area (Å²) in [5, 5.41) is 3.30. The molecule has 1 aromatic carbocycles. The Morgan fingerprint density at radius 3 is 2.80 bits per heavy atom. The van der Waals surface area contributed by atoms with Crippen molar-refractivity contribution in [1.82, 2.24) is 15.1 Å². The van der Waals surface area contributed by atoms with Gasteiger partial charge in [0.05, 0.1) is 5.56 Å². The highest BCUT2D eigenvalue weighted by atomic mass is 79.9. The monoisotopic (exact) mass is 343 g/mol. The number of nitrogens with one attached hydrogen (secondary N) is 1. The van der Waals surface area contributed by atoms with Gasteiger partial charge >= 0.3 is 0 Å². The summed E-state index contributed by atoms with van der Waals surface area (Å²) in [6.07, 6.45) is 0. The van der Waals surface area contributed by atoms with Crippen LogP contribution in [0.1, 0.15) is 10.4 Å². The fourth-order valence-electron chi connectivity index (χ4n) is 2.20. The average molecular weight is 344 g/mol. The Balaban J connectivity index is 1.90. The molecule has 1 fully saturated rings. The van der Waals surface area contributed by atoms with Crippen molar-refractivity contribution in [3.8, 4) is 0 Å². The topological polar surface area (TPSA) is 35.6 Å². The molecule has 0 aliphatic carbocycles. The van der Waals surface area contributed by atoms with Gasteiger partial charge in [0, 0.05) is 50.8 Å². The third-order valence-electron chi connectivity index (χ3n) is 3.47. The van der Waals surface area contributed by atoms with Gasteiger partial charge in [0.25, 0.3) is 5.91 Å². The van der Waals surface area contributed by atoms with Gasteiger partial charge in [-0.2, -0.15) is 0 Å². The van der Waals surface area contributed by atoms with Crippen molar-refractivity contribution in [2.24, 2.45) is 0 Å². The zero-order valence-electron chi connectivity index (χ0n) is 11.5. The zero-order valence-corrected chi connectivity index (χ0v) is 13.1. The minimum Gasteiger partial charge on any atom is -0.340 e. The second-order valence-corrected chi connectivity index (χ2v) is 5.80. The Morgan fingerprint density at radius 1 is 1.45 bits per heavy atom. The molecule has 20 heavy (non-hydrogen) atoms. The lowest BCUT2D eigenvalue weighted by atomic mass is 10.2. The molecule has 0 bridgehead atoms. The molecule has 0 saturated carbocycles. The number of piperazine rings is 1. The van der Waals surface area contributed by atoms with Crippen LogP contribution in [-0.4, -0.2) is 62.0 Å². The highest BCUT2D eigenvalue weighted by molar-refractivity contribution is 9.10. The molecule has 6 heteroatoms. The first kappa shape index (κ1) is 15.4. The molecule has 1 heterocycles. The molecule has 0 atom stereocenters. The normalized spacial score (nSPS) is 16.1. The van der Waals surface area contributed by atoms with Crippen LogP contribution in [-0.2, 0) is 0 Å². The number of amides is 1. The summed E-state index contributed by atoms with van der Waals surface area (Å²) in [7, 11) is 1.78. The second-order valence-electron chi connectivity index (χ2n) is 4.94. The standard InChI is InChI=1S/C14H19BrFN3O/c1-18(8-9-19-6-4-17-5-7-19)14(20)12-3-2-11(16)10-13(12)15/h2-3,10,17H,4-9H2,1H3. The number of hydrogen-bond donors (Lipinski definition) is 1. The van der Waals surface area contributed by atoms with Crippen LogP contribution in [0.25, 0.3) is 0 Å². The summed E-state index contributed by atoms with van der Waals surface area (Å²) in [5.41, 5.74) is 0.495. The smallest absolute Gasteiger partial charge is 0.254 e. The number of nitrogens with zero attached hydrogens (tertiary/aromatic N) is 2. The van der Waals surface area contributed by atoms with Gasteiger partial charge in [-0.05, 0) is 34.1 Å². The summed E-state index contributed by atoms with van der Waals surface area (Å²) < 4.78 is 13.5. The first-order chi connectivity index (χ1) is 9.58. The van der Waals surface area contributed by atoms with Crippen LogP contribution in [0.15, 0.2) is 22.7 Å². The fraction of sp³-hybridized carbons (Fsp3) is 0.500. The van der Waals surface area contributed by atoms with Crippen molar-refractivity contribution >= 4 is 21.8 Å². The number of hydrogen-bond acceptors (Lipinski definition) is 3. The molecular weight excluding hydrogens is 325 g/mol. The lowest BCUT2D eigenvalue weighted by Gasteiger charge is -2.29. The van der Waals surface area contributed by atoms with Gasteiger partial charge in [0.2, 0.25) is 0 Å². The lowest BCUT2D eigenvalue weighted by molar-refractivity contribution is 0.0774. The van der Waals surface area contributed by atoms with Crippen molar-refractivity contribution in [1.29, 1.82) is 0 Å². The molecule has 1 N–H and O–H groups in total. The largest absolute Gasteiger partial charge is 0.340 e. The number of carbonyl (C=O) groups is 1. The SMILES string of the molecule is CN(CCN1CCNCC1)C(=O)c1ccc(F)cc1Br. The molecule has 1 aromatic rings. The Labute approximate surface area is 127 Å². The Morgan fingerprint density at radius 2 is 2.15 bits per heavy atom. The maximum Gasteiger partial charge on any atom is 0.254 e. The van der Waals surface area contributed by atoms with E-state index in [2.05, 4.69) is 26.1 Å². The van der Waals surface area contributed by atoms with Gasteiger partial charge < -0.3 is 10.2 Å². The second kappa shape index (κ2) is 7.15. The molecule has 4 nitrogen and oxygen atoms in total. The van der Waals surface area contributed by atoms with Crippen LogP contribution in [0.3, 0.4) is 0 Å². The maximum atomic E-state index is 13.0. The van der Waals surface area contributed by atoms with Crippen LogP contribution >= 0.6 is 15.9 Å². The number of halogens is 2. The van der Waals surface area contributed by atoms with Gasteiger partial charge in [0.15, 0.2) is 0 Å². The average Bonchev–Trinajstić information content (AvgIpc) is 2.45. The molecule has 0 aromatic heterocycles. The van der Waals surface area contributed by atoms with Crippen LogP contribution in [0.5, 0.6) is 0 Å². The van der Waals surface area contributed by atoms with Gasteiger partial charge in [-0.1, -0.05) is 0 Å². The Bertz CT molecular complexity index is 477. The van der Waals surface area contributed by atoms with E-state index in [9.17, 15) is 9.18 Å². The minimum atomic E-state index is -0.350. The number of rotatable bonds is 4. The van der Waals surface area contributed by atoms with Crippen LogP contribution in [0, 0.1) is 5.82 Å². The van der Waals surface area contributed by atoms with E-state index >= 15 is 0 Å². The molecule has 0 spiro atoms. The molecule has 1 saturated heterocycles. The van der Waals surface area contributed by atoms with Crippen LogP contribution in [0.4, 0.5) is 4.39 Å². The van der Waals surface area contributed by atoms with Crippen molar-refractivity contribution in [2.75, 3.05) is 46.3 Å². The van der Waals surface area contributed by atoms with Gasteiger partial charge in [-0.15, -0.1) is 0 Å². The zero-order chi connectivity index (χ0) is 14.5. The summed E-state index contributed by atoms with van der Waals surface area (Å²) in [6.45, 7) is 5.57. The first-order valence-electron chi connectivity index (χ1n) is 6.71. The third kappa shape index (κ3) is 4.01. The first-order valence-corrected chi connectivity index (χ1v) is 7.51. The predicted octanol–water partition coefficient (Wildman–Crippen LogP) is 1.57. The van der Waals surface area contributed by atoms with Gasteiger partial charge in [-0.25, -0.2) is 4.39 Å². The molecule has 1 aliphatic rings. The number of likely N-dealkylation sites (N-methyl/N-ethyl adjacent to an activating group) is 1. The van der Waals surface area contributed by atoms with E-state index < -0.39 is 0 Å². The fourth-order valence-corrected chi connectivity index (χ4v) is 2.72. The summed E-state index contributed by atoms with van der Waals surface area (Å²) >= 11 is 3.24. The van der Waals surface area contributed by atoms with E-state index in [-0.39, 0.29) is 11.7 Å². The molecule has 1 amide bonds. The van der Waals surface area contributed by atoms with Crippen molar-refractivity contribution in [2.45, 2.75) is 0 Å². The van der Waals surface area contributed by atoms with E-state index in [1.54, 1.807) is 11.9 Å². The van der Waals surface area contributed by atoms with E-state index in [1.807, 2.05) is 0 Å². The van der Waals surface area contributed by atoms with E-state index in [0.717, 1.165) is 32.7 Å². The van der Waals surface area contributed by atoms with Crippen molar-refractivity contribution in [3.63, 3.8) is 0 Å². The molecule has 110 valence electrons. The summed E-state index contributed by atoms with van der Waals surface area (Å²) in [6, 6.07) is 4.14. The van der Waals surface area contributed by atoms with E-state index in [1.165, 1.54) is 18.2 Å². The Hall–Kier alpha value is -0.980. The number of carbonyl (C=O) groups excluding carboxylic acids is 1. The third-order valence-corrected chi connectivity index (χ3v) is 4.13. The van der Waals surface area contributed by atoms with Gasteiger partial charge in [-0.3, -0.25) is 9.69 Å². The molecule has 1 aliphatic heterocycles. The van der Waals surface area contributed by atoms with Crippen molar-refractivity contribution in [3.05, 3.63) is 34.1 Å². The Kier molecular flexibility index (Phi) is 5.51. The van der Waals surface area contributed by atoms with E-state index in [4.69, 9.17) is 0 Å². The van der Waals surface area contributed by atoms with E-state index in [0.29, 0.717) is 16.6 Å². The molecule has 2 rings (SSSR count). The van der Waals surface area contributed by atoms with Gasteiger partial charge in [0.1, 0.15) is 5.82 Å². The highest BCUT2D eigenvalue weighted by Gasteiger charge is 2.17. The molecule has 0 radical (unpaired) electrons. The van der Waals surface area contributed by atoms with Crippen LogP contribution < -0.4 is 5.32 Å². The molecular formula is C14H19BrFN3O. The lowest BCUT2D eigenvalue weighted by Crippen LogP contribution is -2.46. The molecule has 0 unspecified atom stereocenters. The highest BCUT2D eigenvalue weighted by Crippen LogP contribution is 2.19. The predicted molar refractivity (Wildman–Crippen MR) is 80.4 cm³/mol. The summed E-state index contributed by atoms with van der Waals surface area (Å²) in [5.74, 6) is -0.441. The summed E-state index contributed by atoms with van der Waals surface area (Å²) in [4.78, 5) is 16.3. The van der Waals surface area contributed by atoms with Crippen molar-refractivity contribution < 1.29 is 9.18 Å². The van der Waals surface area contributed by atoms with Crippen LogP contribution in [0.2, 0.25) is 0 Å². The quantitative estimate of drug-likeness (QED) is 0.901.